The standard InChI is InChI=1S/C23H26FN3O2/c1-18(2)14-25(15-20-5-3-6-22(13-20)27(28)29)17-23-7-4-12-26(23)16-19-8-10-21(24)11-9-19/h3-13,18H,14-17H2,1-2H3/p+1. The van der Waals surface area contributed by atoms with Crippen LogP contribution >= 0.6 is 0 Å². The van der Waals surface area contributed by atoms with Gasteiger partial charge in [-0.25, -0.2) is 4.39 Å². The average molecular weight is 396 g/mol. The first-order chi connectivity index (χ1) is 13.9. The number of aromatic nitrogens is 1. The number of quaternary nitrogens is 1. The molecule has 0 radical (unpaired) electrons. The number of halogens is 1. The lowest BCUT2D eigenvalue weighted by molar-refractivity contribution is -0.930. The van der Waals surface area contributed by atoms with Crippen LogP contribution in [0.25, 0.3) is 0 Å². The SMILES string of the molecule is CC(C)C[NH+](Cc1cccc([N+](=O)[O-])c1)Cc1cccn1Cc1ccc(F)cc1. The van der Waals surface area contributed by atoms with Crippen LogP contribution in [0.3, 0.4) is 0 Å². The van der Waals surface area contributed by atoms with Gasteiger partial charge in [-0.15, -0.1) is 0 Å². The van der Waals surface area contributed by atoms with Crippen molar-refractivity contribution in [2.45, 2.75) is 33.5 Å². The van der Waals surface area contributed by atoms with Gasteiger partial charge in [0.1, 0.15) is 18.9 Å². The largest absolute Gasteiger partial charge is 0.342 e. The Kier molecular flexibility index (Phi) is 6.77. The lowest BCUT2D eigenvalue weighted by atomic mass is 10.1. The van der Waals surface area contributed by atoms with Crippen LogP contribution in [0.15, 0.2) is 66.9 Å². The van der Waals surface area contributed by atoms with Gasteiger partial charge in [0.25, 0.3) is 5.69 Å². The van der Waals surface area contributed by atoms with Crippen molar-refractivity contribution in [3.8, 4) is 0 Å². The van der Waals surface area contributed by atoms with Crippen LogP contribution in [-0.2, 0) is 19.6 Å². The maximum absolute atomic E-state index is 13.2. The third-order valence-corrected chi connectivity index (χ3v) is 4.89. The quantitative estimate of drug-likeness (QED) is 0.442. The molecule has 3 aromatic rings. The zero-order chi connectivity index (χ0) is 20.8. The van der Waals surface area contributed by atoms with Crippen LogP contribution in [0, 0.1) is 21.8 Å². The maximum atomic E-state index is 13.2. The molecule has 3 rings (SSSR count). The van der Waals surface area contributed by atoms with E-state index in [9.17, 15) is 14.5 Å². The van der Waals surface area contributed by atoms with E-state index in [-0.39, 0.29) is 16.4 Å². The summed E-state index contributed by atoms with van der Waals surface area (Å²) in [6.07, 6.45) is 2.04. The summed E-state index contributed by atoms with van der Waals surface area (Å²) in [7, 11) is 0. The molecule has 152 valence electrons. The fourth-order valence-electron chi connectivity index (χ4n) is 3.66. The minimum Gasteiger partial charge on any atom is -0.342 e. The molecule has 0 aliphatic rings. The van der Waals surface area contributed by atoms with Gasteiger partial charge in [-0.1, -0.05) is 38.1 Å². The topological polar surface area (TPSA) is 52.5 Å². The molecule has 0 fully saturated rings. The molecule has 0 amide bonds. The monoisotopic (exact) mass is 396 g/mol. The Morgan fingerprint density at radius 2 is 1.79 bits per heavy atom. The Labute approximate surface area is 170 Å². The molecule has 5 nitrogen and oxygen atoms in total. The molecular formula is C23H27FN3O2+. The van der Waals surface area contributed by atoms with E-state index in [2.05, 4.69) is 24.5 Å². The van der Waals surface area contributed by atoms with Gasteiger partial charge in [0.15, 0.2) is 0 Å². The summed E-state index contributed by atoms with van der Waals surface area (Å²) in [5.41, 5.74) is 3.33. The number of non-ortho nitro benzene ring substituents is 1. The number of nitrogens with zero attached hydrogens (tertiary/aromatic N) is 2. The second-order valence-electron chi connectivity index (χ2n) is 7.88. The summed E-state index contributed by atoms with van der Waals surface area (Å²) in [5.74, 6) is 0.273. The Morgan fingerprint density at radius 1 is 1.03 bits per heavy atom. The molecule has 1 aromatic heterocycles. The lowest BCUT2D eigenvalue weighted by Gasteiger charge is -2.22. The second-order valence-corrected chi connectivity index (χ2v) is 7.88. The van der Waals surface area contributed by atoms with Crippen LogP contribution in [0.4, 0.5) is 10.1 Å². The summed E-state index contributed by atoms with van der Waals surface area (Å²) in [4.78, 5) is 12.1. The van der Waals surface area contributed by atoms with Crippen molar-refractivity contribution < 1.29 is 14.2 Å². The van der Waals surface area contributed by atoms with E-state index in [1.165, 1.54) is 28.8 Å². The van der Waals surface area contributed by atoms with Crippen molar-refractivity contribution in [3.05, 3.63) is 99.6 Å². The van der Waals surface area contributed by atoms with Crippen molar-refractivity contribution >= 4 is 5.69 Å². The fraction of sp³-hybridized carbons (Fsp3) is 0.304. The first-order valence-corrected chi connectivity index (χ1v) is 9.86. The molecule has 1 heterocycles. The average Bonchev–Trinajstić information content (AvgIpc) is 3.10. The minimum atomic E-state index is -0.348. The minimum absolute atomic E-state index is 0.131. The third-order valence-electron chi connectivity index (χ3n) is 4.89. The molecular weight excluding hydrogens is 369 g/mol. The van der Waals surface area contributed by atoms with Gasteiger partial charge in [0, 0.05) is 36.4 Å². The predicted molar refractivity (Wildman–Crippen MR) is 111 cm³/mol. The molecule has 0 aliphatic heterocycles. The lowest BCUT2D eigenvalue weighted by Crippen LogP contribution is -3.10. The third kappa shape index (κ3) is 5.99. The Morgan fingerprint density at radius 3 is 2.48 bits per heavy atom. The Balaban J connectivity index is 1.75. The predicted octanol–water partition coefficient (Wildman–Crippen LogP) is 3.82. The molecule has 0 spiro atoms. The molecule has 1 N–H and O–H groups in total. The molecule has 0 saturated heterocycles. The van der Waals surface area contributed by atoms with Crippen molar-refractivity contribution in [3.63, 3.8) is 0 Å². The Bertz CT molecular complexity index is 951. The highest BCUT2D eigenvalue weighted by Gasteiger charge is 2.17. The van der Waals surface area contributed by atoms with E-state index in [0.717, 1.165) is 30.8 Å². The van der Waals surface area contributed by atoms with E-state index in [1.54, 1.807) is 24.3 Å². The van der Waals surface area contributed by atoms with Crippen LogP contribution in [-0.4, -0.2) is 16.0 Å². The van der Waals surface area contributed by atoms with Gasteiger partial charge in [-0.05, 0) is 29.8 Å². The summed E-state index contributed by atoms with van der Waals surface area (Å²) >= 11 is 0. The zero-order valence-electron chi connectivity index (χ0n) is 16.8. The number of hydrogen-bond acceptors (Lipinski definition) is 2. The summed E-state index contributed by atoms with van der Waals surface area (Å²) in [6, 6.07) is 17.6. The van der Waals surface area contributed by atoms with Gasteiger partial charge in [0.05, 0.1) is 17.2 Å². The maximum Gasteiger partial charge on any atom is 0.269 e. The fourth-order valence-corrected chi connectivity index (χ4v) is 3.66. The highest BCUT2D eigenvalue weighted by atomic mass is 19.1. The van der Waals surface area contributed by atoms with E-state index in [4.69, 9.17) is 0 Å². The van der Waals surface area contributed by atoms with E-state index in [0.29, 0.717) is 12.5 Å². The molecule has 0 aliphatic carbocycles. The molecule has 29 heavy (non-hydrogen) atoms. The molecule has 1 atom stereocenters. The second kappa shape index (κ2) is 9.47. The van der Waals surface area contributed by atoms with Gasteiger partial charge >= 0.3 is 0 Å². The summed E-state index contributed by atoms with van der Waals surface area (Å²) in [5, 5.41) is 11.1. The van der Waals surface area contributed by atoms with Gasteiger partial charge in [-0.2, -0.15) is 0 Å². The molecule has 0 saturated carbocycles. The number of nitro groups is 1. The summed E-state index contributed by atoms with van der Waals surface area (Å²) < 4.78 is 15.4. The zero-order valence-corrected chi connectivity index (χ0v) is 16.8. The smallest absolute Gasteiger partial charge is 0.269 e. The van der Waals surface area contributed by atoms with Crippen LogP contribution < -0.4 is 4.90 Å². The number of nitro benzene ring substituents is 1. The van der Waals surface area contributed by atoms with Crippen molar-refractivity contribution in [1.29, 1.82) is 0 Å². The number of rotatable bonds is 9. The molecule has 2 aromatic carbocycles. The summed E-state index contributed by atoms with van der Waals surface area (Å²) in [6.45, 7) is 7.56. The number of benzene rings is 2. The first-order valence-electron chi connectivity index (χ1n) is 9.86. The van der Waals surface area contributed by atoms with Crippen LogP contribution in [0.2, 0.25) is 0 Å². The van der Waals surface area contributed by atoms with Crippen molar-refractivity contribution in [2.24, 2.45) is 5.92 Å². The van der Waals surface area contributed by atoms with Gasteiger partial charge in [-0.3, -0.25) is 10.1 Å². The van der Waals surface area contributed by atoms with Crippen molar-refractivity contribution in [2.75, 3.05) is 6.54 Å². The highest BCUT2D eigenvalue weighted by molar-refractivity contribution is 5.33. The Hall–Kier alpha value is -2.99. The van der Waals surface area contributed by atoms with E-state index >= 15 is 0 Å². The normalized spacial score (nSPS) is 12.3. The molecule has 0 bridgehead atoms. The van der Waals surface area contributed by atoms with E-state index in [1.807, 2.05) is 18.3 Å². The van der Waals surface area contributed by atoms with Gasteiger partial charge < -0.3 is 9.47 Å². The molecule has 1 unspecified atom stereocenters. The number of hydrogen-bond donors (Lipinski definition) is 1. The van der Waals surface area contributed by atoms with Crippen molar-refractivity contribution in [1.82, 2.24) is 4.57 Å². The van der Waals surface area contributed by atoms with Gasteiger partial charge in [0.2, 0.25) is 0 Å². The highest BCUT2D eigenvalue weighted by Crippen LogP contribution is 2.13. The first kappa shape index (κ1) is 20.7. The van der Waals surface area contributed by atoms with Crippen LogP contribution in [0.5, 0.6) is 0 Å². The number of nitrogens with one attached hydrogen (secondary N) is 1. The van der Waals surface area contributed by atoms with E-state index < -0.39 is 0 Å². The molecule has 6 heteroatoms. The van der Waals surface area contributed by atoms with Crippen LogP contribution in [0.1, 0.15) is 30.7 Å².